The molecular weight excluding hydrogens is 343 g/mol. The fraction of sp³-hybridized carbons (Fsp3) is 0.222. The Hall–Kier alpha value is -1.81. The highest BCUT2D eigenvalue weighted by atomic mass is 79.9. The molecule has 0 saturated heterocycles. The number of halogens is 2. The molecule has 0 bridgehead atoms. The van der Waals surface area contributed by atoms with Gasteiger partial charge in [-0.05, 0) is 55.2 Å². The molecule has 1 unspecified atom stereocenters. The molecule has 2 N–H and O–H groups in total. The van der Waals surface area contributed by atoms with Gasteiger partial charge < -0.3 is 10.6 Å². The summed E-state index contributed by atoms with van der Waals surface area (Å²) in [6.07, 6.45) is 3.19. The minimum Gasteiger partial charge on any atom is -0.357 e. The van der Waals surface area contributed by atoms with E-state index in [0.29, 0.717) is 11.6 Å². The van der Waals surface area contributed by atoms with Gasteiger partial charge in [0.1, 0.15) is 5.82 Å². The van der Waals surface area contributed by atoms with Crippen molar-refractivity contribution in [2.45, 2.75) is 25.2 Å². The van der Waals surface area contributed by atoms with Crippen LogP contribution in [0.3, 0.4) is 0 Å². The molecular formula is C18H16BrFN2. The summed E-state index contributed by atoms with van der Waals surface area (Å²) in [6.45, 7) is 0. The quantitative estimate of drug-likeness (QED) is 0.729. The van der Waals surface area contributed by atoms with Gasteiger partial charge in [0.15, 0.2) is 0 Å². The van der Waals surface area contributed by atoms with Crippen LogP contribution in [0, 0.1) is 5.82 Å². The van der Waals surface area contributed by atoms with Gasteiger partial charge >= 0.3 is 0 Å². The second kappa shape index (κ2) is 5.43. The van der Waals surface area contributed by atoms with Crippen molar-refractivity contribution < 1.29 is 4.39 Å². The second-order valence-corrected chi connectivity index (χ2v) is 6.71. The molecule has 0 spiro atoms. The van der Waals surface area contributed by atoms with Gasteiger partial charge in [-0.25, -0.2) is 4.39 Å². The summed E-state index contributed by atoms with van der Waals surface area (Å²) in [5.41, 5.74) is 5.34. The monoisotopic (exact) mass is 358 g/mol. The molecule has 0 saturated carbocycles. The molecule has 2 aromatic rings. The van der Waals surface area contributed by atoms with E-state index in [-0.39, 0.29) is 5.82 Å². The number of hydrogen-bond acceptors (Lipinski definition) is 2. The van der Waals surface area contributed by atoms with Gasteiger partial charge in [0, 0.05) is 27.5 Å². The Morgan fingerprint density at radius 2 is 2.05 bits per heavy atom. The van der Waals surface area contributed by atoms with Crippen molar-refractivity contribution in [1.82, 2.24) is 0 Å². The normalized spacial score (nSPS) is 19.5. The molecule has 2 aliphatic rings. The number of para-hydroxylation sites is 1. The van der Waals surface area contributed by atoms with Crippen molar-refractivity contribution in [3.63, 3.8) is 0 Å². The van der Waals surface area contributed by atoms with Crippen LogP contribution >= 0.6 is 15.9 Å². The maximum absolute atomic E-state index is 13.9. The first-order valence-electron chi connectivity index (χ1n) is 7.53. The zero-order valence-corrected chi connectivity index (χ0v) is 13.6. The van der Waals surface area contributed by atoms with Crippen LogP contribution in [0.2, 0.25) is 0 Å². The van der Waals surface area contributed by atoms with Gasteiger partial charge in [-0.1, -0.05) is 28.1 Å². The fourth-order valence-corrected chi connectivity index (χ4v) is 3.76. The third kappa shape index (κ3) is 2.31. The molecule has 2 nitrogen and oxygen atoms in total. The largest absolute Gasteiger partial charge is 0.357 e. The van der Waals surface area contributed by atoms with E-state index in [4.69, 9.17) is 0 Å². The van der Waals surface area contributed by atoms with Gasteiger partial charge in [0.25, 0.3) is 0 Å². The number of fused-ring (bicyclic) bond motifs is 3. The van der Waals surface area contributed by atoms with Gasteiger partial charge in [-0.2, -0.15) is 0 Å². The van der Waals surface area contributed by atoms with E-state index in [9.17, 15) is 4.39 Å². The summed E-state index contributed by atoms with van der Waals surface area (Å²) >= 11 is 3.55. The lowest BCUT2D eigenvalue weighted by molar-refractivity contribution is 0.613. The summed E-state index contributed by atoms with van der Waals surface area (Å²) in [6, 6.07) is 13.2. The number of benzene rings is 2. The average Bonchev–Trinajstić information content (AvgIpc) is 2.89. The summed E-state index contributed by atoms with van der Waals surface area (Å²) in [4.78, 5) is 0. The first kappa shape index (κ1) is 13.8. The maximum Gasteiger partial charge on any atom is 0.146 e. The van der Waals surface area contributed by atoms with Crippen LogP contribution in [0.25, 0.3) is 0 Å². The van der Waals surface area contributed by atoms with Crippen molar-refractivity contribution in [2.24, 2.45) is 0 Å². The third-order valence-corrected chi connectivity index (χ3v) is 4.90. The van der Waals surface area contributed by atoms with Crippen molar-refractivity contribution >= 4 is 27.3 Å². The lowest BCUT2D eigenvalue weighted by atomic mass is 9.87. The van der Waals surface area contributed by atoms with E-state index < -0.39 is 0 Å². The predicted octanol–water partition coefficient (Wildman–Crippen LogP) is 5.60. The molecule has 0 amide bonds. The van der Waals surface area contributed by atoms with E-state index in [1.165, 1.54) is 17.3 Å². The highest BCUT2D eigenvalue weighted by Crippen LogP contribution is 2.47. The Balaban J connectivity index is 1.72. The van der Waals surface area contributed by atoms with Crippen LogP contribution in [0.15, 0.2) is 58.3 Å². The van der Waals surface area contributed by atoms with Crippen LogP contribution < -0.4 is 10.6 Å². The van der Waals surface area contributed by atoms with Gasteiger partial charge in [-0.15, -0.1) is 0 Å². The van der Waals surface area contributed by atoms with Crippen molar-refractivity contribution in [3.05, 3.63) is 69.7 Å². The standard InChI is InChI=1S/C18H16BrFN2/c19-11-8-9-15-13(10-11)12-4-3-7-17(18(12)22-15)21-16-6-2-1-5-14(16)20/h1-2,5-6,8-10,12,21-22H,3-4,7H2. The van der Waals surface area contributed by atoms with E-state index in [1.807, 2.05) is 12.1 Å². The molecule has 0 fully saturated rings. The summed E-state index contributed by atoms with van der Waals surface area (Å²) < 4.78 is 15.0. The molecule has 1 aliphatic heterocycles. The van der Waals surface area contributed by atoms with Crippen molar-refractivity contribution in [3.8, 4) is 0 Å². The predicted molar refractivity (Wildman–Crippen MR) is 91.4 cm³/mol. The van der Waals surface area contributed by atoms with Crippen LogP contribution in [0.4, 0.5) is 15.8 Å². The van der Waals surface area contributed by atoms with Gasteiger partial charge in [0.05, 0.1) is 5.69 Å². The van der Waals surface area contributed by atoms with E-state index in [0.717, 1.165) is 35.1 Å². The first-order chi connectivity index (χ1) is 10.7. The number of hydrogen-bond donors (Lipinski definition) is 2. The molecule has 2 aromatic carbocycles. The highest BCUT2D eigenvalue weighted by molar-refractivity contribution is 9.10. The summed E-state index contributed by atoms with van der Waals surface area (Å²) in [5.74, 6) is 0.173. The Bertz CT molecular complexity index is 769. The lowest BCUT2D eigenvalue weighted by Gasteiger charge is -2.24. The zero-order valence-electron chi connectivity index (χ0n) is 12.0. The summed E-state index contributed by atoms with van der Waals surface area (Å²) in [5, 5.41) is 6.83. The molecule has 4 heteroatoms. The highest BCUT2D eigenvalue weighted by Gasteiger charge is 2.32. The average molecular weight is 359 g/mol. The Morgan fingerprint density at radius 3 is 2.91 bits per heavy atom. The van der Waals surface area contributed by atoms with Crippen molar-refractivity contribution in [1.29, 1.82) is 0 Å². The van der Waals surface area contributed by atoms with E-state index in [2.05, 4.69) is 38.7 Å². The lowest BCUT2D eigenvalue weighted by Crippen LogP contribution is -2.16. The van der Waals surface area contributed by atoms with Crippen LogP contribution in [0.5, 0.6) is 0 Å². The zero-order chi connectivity index (χ0) is 15.1. The molecule has 22 heavy (non-hydrogen) atoms. The number of rotatable bonds is 2. The topological polar surface area (TPSA) is 24.1 Å². The molecule has 112 valence electrons. The second-order valence-electron chi connectivity index (χ2n) is 5.80. The fourth-order valence-electron chi connectivity index (χ4n) is 3.38. The van der Waals surface area contributed by atoms with Gasteiger partial charge in [-0.3, -0.25) is 0 Å². The Kier molecular flexibility index (Phi) is 3.41. The Morgan fingerprint density at radius 1 is 1.18 bits per heavy atom. The Labute approximate surface area is 137 Å². The minimum absolute atomic E-state index is 0.212. The molecule has 4 rings (SSSR count). The minimum atomic E-state index is -0.212. The number of nitrogens with one attached hydrogen (secondary N) is 2. The van der Waals surface area contributed by atoms with E-state index in [1.54, 1.807) is 12.1 Å². The third-order valence-electron chi connectivity index (χ3n) is 4.41. The summed E-state index contributed by atoms with van der Waals surface area (Å²) in [7, 11) is 0. The maximum atomic E-state index is 13.9. The van der Waals surface area contributed by atoms with E-state index >= 15 is 0 Å². The van der Waals surface area contributed by atoms with Crippen LogP contribution in [0.1, 0.15) is 30.7 Å². The SMILES string of the molecule is Fc1ccccc1NC1=C2Nc3ccc(Br)cc3C2CCC1. The molecule has 1 atom stereocenters. The van der Waals surface area contributed by atoms with Crippen LogP contribution in [-0.2, 0) is 0 Å². The molecule has 0 aromatic heterocycles. The molecule has 0 radical (unpaired) electrons. The molecule has 1 aliphatic carbocycles. The number of anilines is 2. The smallest absolute Gasteiger partial charge is 0.146 e. The van der Waals surface area contributed by atoms with Gasteiger partial charge in [0.2, 0.25) is 0 Å². The molecule has 1 heterocycles. The van der Waals surface area contributed by atoms with Crippen molar-refractivity contribution in [2.75, 3.05) is 10.6 Å². The number of allylic oxidation sites excluding steroid dienone is 2. The first-order valence-corrected chi connectivity index (χ1v) is 8.33. The van der Waals surface area contributed by atoms with Crippen LogP contribution in [-0.4, -0.2) is 0 Å².